The van der Waals surface area contributed by atoms with Crippen molar-refractivity contribution < 1.29 is 9.21 Å². The molecule has 3 rings (SSSR count). The van der Waals surface area contributed by atoms with E-state index in [4.69, 9.17) is 4.42 Å². The molecule has 4 nitrogen and oxygen atoms in total. The first kappa shape index (κ1) is 18.1. The van der Waals surface area contributed by atoms with Crippen LogP contribution in [0.4, 0.5) is 5.69 Å². The van der Waals surface area contributed by atoms with Crippen molar-refractivity contribution in [1.29, 1.82) is 0 Å². The Hall–Kier alpha value is -2.75. The highest BCUT2D eigenvalue weighted by molar-refractivity contribution is 5.88. The minimum absolute atomic E-state index is 0.118. The molecule has 0 unspecified atom stereocenters. The summed E-state index contributed by atoms with van der Waals surface area (Å²) in [4.78, 5) is 16.8. The minimum Gasteiger partial charge on any atom is -0.464 e. The molecule has 3 aromatic rings. The van der Waals surface area contributed by atoms with Crippen molar-refractivity contribution in [2.75, 3.05) is 25.5 Å². The molecule has 0 fully saturated rings. The Labute approximate surface area is 155 Å². The number of likely N-dealkylation sites (N-methyl/N-ethyl adjacent to an activating group) is 1. The highest BCUT2D eigenvalue weighted by atomic mass is 16.3. The highest BCUT2D eigenvalue weighted by Crippen LogP contribution is 2.23. The van der Waals surface area contributed by atoms with E-state index >= 15 is 0 Å². The van der Waals surface area contributed by atoms with Gasteiger partial charge in [0.1, 0.15) is 5.58 Å². The van der Waals surface area contributed by atoms with E-state index in [1.54, 1.807) is 6.26 Å². The van der Waals surface area contributed by atoms with Gasteiger partial charge in [-0.3, -0.25) is 4.79 Å². The number of hydrogen-bond donors (Lipinski definition) is 0. The van der Waals surface area contributed by atoms with Crippen LogP contribution in [0, 0.1) is 6.92 Å². The largest absolute Gasteiger partial charge is 0.464 e. The van der Waals surface area contributed by atoms with Crippen molar-refractivity contribution in [1.82, 2.24) is 4.90 Å². The number of carbonyl (C=O) groups is 1. The van der Waals surface area contributed by atoms with Crippen molar-refractivity contribution in [3.05, 3.63) is 65.4 Å². The van der Waals surface area contributed by atoms with Gasteiger partial charge < -0.3 is 14.2 Å². The maximum Gasteiger partial charge on any atom is 0.227 e. The third kappa shape index (κ3) is 3.90. The van der Waals surface area contributed by atoms with E-state index in [0.29, 0.717) is 19.5 Å². The smallest absolute Gasteiger partial charge is 0.227 e. The lowest BCUT2D eigenvalue weighted by Gasteiger charge is -2.21. The zero-order valence-corrected chi connectivity index (χ0v) is 16.0. The SMILES string of the molecule is CCN(Cc1ccc(N(C)C)cc1)C(=O)Cc1coc2cc(C)ccc12. The number of furan rings is 1. The van der Waals surface area contributed by atoms with Crippen molar-refractivity contribution >= 4 is 22.6 Å². The lowest BCUT2D eigenvalue weighted by Crippen LogP contribution is -2.31. The number of rotatable bonds is 6. The van der Waals surface area contributed by atoms with Crippen LogP contribution in [-0.4, -0.2) is 31.4 Å². The van der Waals surface area contributed by atoms with Crippen molar-refractivity contribution in [3.8, 4) is 0 Å². The maximum absolute atomic E-state index is 12.8. The van der Waals surface area contributed by atoms with Crippen LogP contribution < -0.4 is 4.90 Å². The lowest BCUT2D eigenvalue weighted by molar-refractivity contribution is -0.130. The summed E-state index contributed by atoms with van der Waals surface area (Å²) >= 11 is 0. The Kier molecular flexibility index (Phi) is 5.31. The number of fused-ring (bicyclic) bond motifs is 1. The van der Waals surface area contributed by atoms with Gasteiger partial charge in [-0.1, -0.05) is 24.3 Å². The van der Waals surface area contributed by atoms with Crippen LogP contribution in [0.5, 0.6) is 0 Å². The molecule has 1 heterocycles. The molecule has 0 aliphatic carbocycles. The molecule has 4 heteroatoms. The topological polar surface area (TPSA) is 36.7 Å². The molecular weight excluding hydrogens is 324 g/mol. The van der Waals surface area contributed by atoms with Crippen LogP contribution in [0.2, 0.25) is 0 Å². The average molecular weight is 350 g/mol. The summed E-state index contributed by atoms with van der Waals surface area (Å²) in [5.74, 6) is 0.118. The number of benzene rings is 2. The average Bonchev–Trinajstić information content (AvgIpc) is 3.01. The molecule has 0 aliphatic rings. The molecule has 1 amide bonds. The molecule has 0 saturated carbocycles. The summed E-state index contributed by atoms with van der Waals surface area (Å²) in [7, 11) is 4.04. The maximum atomic E-state index is 12.8. The molecule has 0 saturated heterocycles. The molecule has 0 atom stereocenters. The Morgan fingerprint density at radius 2 is 1.81 bits per heavy atom. The van der Waals surface area contributed by atoms with Gasteiger partial charge in [-0.25, -0.2) is 0 Å². The van der Waals surface area contributed by atoms with Gasteiger partial charge in [-0.15, -0.1) is 0 Å². The second-order valence-electron chi connectivity index (χ2n) is 6.91. The van der Waals surface area contributed by atoms with E-state index in [1.807, 2.05) is 45.0 Å². The molecular formula is C22H26N2O2. The molecule has 136 valence electrons. The Morgan fingerprint density at radius 1 is 1.08 bits per heavy atom. The fourth-order valence-electron chi connectivity index (χ4n) is 3.10. The standard InChI is InChI=1S/C22H26N2O2/c1-5-24(14-17-7-9-19(10-8-17)23(3)4)22(25)13-18-15-26-21-12-16(2)6-11-20(18)21/h6-12,15H,5,13-14H2,1-4H3. The van der Waals surface area contributed by atoms with E-state index in [0.717, 1.165) is 33.3 Å². The van der Waals surface area contributed by atoms with Crippen LogP contribution in [0.25, 0.3) is 11.0 Å². The Balaban J connectivity index is 1.72. The molecule has 0 radical (unpaired) electrons. The summed E-state index contributed by atoms with van der Waals surface area (Å²) in [6, 6.07) is 14.4. The zero-order chi connectivity index (χ0) is 18.7. The zero-order valence-electron chi connectivity index (χ0n) is 16.0. The Morgan fingerprint density at radius 3 is 2.46 bits per heavy atom. The normalized spacial score (nSPS) is 10.9. The van der Waals surface area contributed by atoms with Crippen LogP contribution in [0.1, 0.15) is 23.6 Å². The molecule has 0 bridgehead atoms. The molecule has 0 spiro atoms. The number of nitrogens with zero attached hydrogens (tertiary/aromatic N) is 2. The van der Waals surface area contributed by atoms with Gasteiger partial charge in [0.2, 0.25) is 5.91 Å². The Bertz CT molecular complexity index is 894. The van der Waals surface area contributed by atoms with Gasteiger partial charge in [0.05, 0.1) is 12.7 Å². The van der Waals surface area contributed by atoms with Gasteiger partial charge in [0.25, 0.3) is 0 Å². The number of hydrogen-bond acceptors (Lipinski definition) is 3. The van der Waals surface area contributed by atoms with Gasteiger partial charge in [-0.05, 0) is 43.2 Å². The van der Waals surface area contributed by atoms with Crippen molar-refractivity contribution in [3.63, 3.8) is 0 Å². The van der Waals surface area contributed by atoms with Gasteiger partial charge in [-0.2, -0.15) is 0 Å². The summed E-state index contributed by atoms with van der Waals surface area (Å²) in [5, 5.41) is 1.02. The van der Waals surface area contributed by atoms with E-state index in [9.17, 15) is 4.79 Å². The number of amides is 1. The highest BCUT2D eigenvalue weighted by Gasteiger charge is 2.16. The first-order valence-electron chi connectivity index (χ1n) is 8.98. The quantitative estimate of drug-likeness (QED) is 0.661. The van der Waals surface area contributed by atoms with E-state index < -0.39 is 0 Å². The lowest BCUT2D eigenvalue weighted by atomic mass is 10.1. The third-order valence-corrected chi connectivity index (χ3v) is 4.71. The van der Waals surface area contributed by atoms with E-state index in [-0.39, 0.29) is 5.91 Å². The molecule has 26 heavy (non-hydrogen) atoms. The predicted molar refractivity (Wildman–Crippen MR) is 107 cm³/mol. The van der Waals surface area contributed by atoms with Crippen LogP contribution in [0.3, 0.4) is 0 Å². The van der Waals surface area contributed by atoms with Crippen molar-refractivity contribution in [2.45, 2.75) is 26.8 Å². The van der Waals surface area contributed by atoms with E-state index in [2.05, 4.69) is 35.2 Å². The molecule has 0 aliphatic heterocycles. The number of carbonyl (C=O) groups excluding carboxylic acids is 1. The summed E-state index contributed by atoms with van der Waals surface area (Å²) in [6.45, 7) is 5.36. The van der Waals surface area contributed by atoms with Gasteiger partial charge in [0, 0.05) is 43.8 Å². The molecule has 0 N–H and O–H groups in total. The van der Waals surface area contributed by atoms with Crippen LogP contribution >= 0.6 is 0 Å². The second-order valence-corrected chi connectivity index (χ2v) is 6.91. The van der Waals surface area contributed by atoms with Crippen LogP contribution in [-0.2, 0) is 17.8 Å². The number of aryl methyl sites for hydroxylation is 1. The van der Waals surface area contributed by atoms with E-state index in [1.165, 1.54) is 0 Å². The fraction of sp³-hybridized carbons (Fsp3) is 0.318. The number of anilines is 1. The first-order valence-corrected chi connectivity index (χ1v) is 8.98. The monoisotopic (exact) mass is 350 g/mol. The summed E-state index contributed by atoms with van der Waals surface area (Å²) in [5.41, 5.74) is 5.24. The predicted octanol–water partition coefficient (Wildman–Crippen LogP) is 4.40. The van der Waals surface area contributed by atoms with Crippen molar-refractivity contribution in [2.24, 2.45) is 0 Å². The second kappa shape index (κ2) is 7.65. The summed E-state index contributed by atoms with van der Waals surface area (Å²) in [6.07, 6.45) is 2.07. The third-order valence-electron chi connectivity index (χ3n) is 4.71. The van der Waals surface area contributed by atoms with Gasteiger partial charge in [0.15, 0.2) is 0 Å². The molecule has 2 aromatic carbocycles. The fourth-order valence-corrected chi connectivity index (χ4v) is 3.10. The minimum atomic E-state index is 0.118. The van der Waals surface area contributed by atoms with Crippen LogP contribution in [0.15, 0.2) is 53.1 Å². The molecule has 1 aromatic heterocycles. The summed E-state index contributed by atoms with van der Waals surface area (Å²) < 4.78 is 5.62. The first-order chi connectivity index (χ1) is 12.5. The van der Waals surface area contributed by atoms with Gasteiger partial charge >= 0.3 is 0 Å².